The van der Waals surface area contributed by atoms with Crippen LogP contribution in [0.25, 0.3) is 5.65 Å². The Morgan fingerprint density at radius 3 is 2.80 bits per heavy atom. The first-order valence-electron chi connectivity index (χ1n) is 5.82. The van der Waals surface area contributed by atoms with Crippen LogP contribution in [0.1, 0.15) is 15.9 Å². The molecule has 0 atom stereocenters. The van der Waals surface area contributed by atoms with Crippen molar-refractivity contribution in [1.82, 2.24) is 25.0 Å². The molecule has 3 aromatic rings. The summed E-state index contributed by atoms with van der Waals surface area (Å²) >= 11 is 0. The molecule has 100 valence electrons. The molecule has 0 unspecified atom stereocenters. The maximum absolute atomic E-state index is 10.8. The van der Waals surface area contributed by atoms with E-state index < -0.39 is 5.97 Å². The lowest BCUT2D eigenvalue weighted by Gasteiger charge is -2.07. The van der Waals surface area contributed by atoms with Gasteiger partial charge in [0.25, 0.3) is 0 Å². The summed E-state index contributed by atoms with van der Waals surface area (Å²) in [7, 11) is 0. The molecule has 0 amide bonds. The van der Waals surface area contributed by atoms with Crippen molar-refractivity contribution in [3.8, 4) is 0 Å². The Morgan fingerprint density at radius 1 is 1.25 bits per heavy atom. The number of tetrazole rings is 1. The first-order valence-corrected chi connectivity index (χ1v) is 5.82. The summed E-state index contributed by atoms with van der Waals surface area (Å²) in [6, 6.07) is 6.64. The highest BCUT2D eigenvalue weighted by Gasteiger charge is 2.04. The zero-order valence-corrected chi connectivity index (χ0v) is 10.3. The normalized spacial score (nSPS) is 10.6. The number of aromatic nitrogens is 5. The molecule has 0 spiro atoms. The minimum Gasteiger partial charge on any atom is -0.478 e. The van der Waals surface area contributed by atoms with Crippen molar-refractivity contribution in [2.45, 2.75) is 6.54 Å². The van der Waals surface area contributed by atoms with E-state index in [0.29, 0.717) is 18.0 Å². The quantitative estimate of drug-likeness (QED) is 0.723. The van der Waals surface area contributed by atoms with Gasteiger partial charge < -0.3 is 10.4 Å². The molecular formula is C12H10N6O2. The molecule has 1 aromatic carbocycles. The van der Waals surface area contributed by atoms with Crippen LogP contribution in [0.3, 0.4) is 0 Å². The van der Waals surface area contributed by atoms with Gasteiger partial charge in [0.15, 0.2) is 11.5 Å². The van der Waals surface area contributed by atoms with E-state index in [1.165, 1.54) is 0 Å². The van der Waals surface area contributed by atoms with E-state index in [0.717, 1.165) is 5.56 Å². The van der Waals surface area contributed by atoms with E-state index in [1.807, 2.05) is 0 Å². The van der Waals surface area contributed by atoms with Crippen molar-refractivity contribution in [1.29, 1.82) is 0 Å². The minimum absolute atomic E-state index is 0.262. The molecule has 2 aromatic heterocycles. The molecule has 8 heteroatoms. The number of carboxylic acids is 1. The van der Waals surface area contributed by atoms with Crippen LogP contribution in [0.2, 0.25) is 0 Å². The first kappa shape index (κ1) is 12.0. The molecule has 0 radical (unpaired) electrons. The third kappa shape index (κ3) is 2.26. The van der Waals surface area contributed by atoms with Gasteiger partial charge in [-0.2, -0.15) is 4.52 Å². The molecule has 0 aliphatic carbocycles. The first-order chi connectivity index (χ1) is 9.74. The van der Waals surface area contributed by atoms with Crippen LogP contribution in [-0.4, -0.2) is 36.1 Å². The second kappa shape index (κ2) is 4.92. The predicted molar refractivity (Wildman–Crippen MR) is 69.3 cm³/mol. The molecule has 20 heavy (non-hydrogen) atoms. The molecule has 0 saturated heterocycles. The summed E-state index contributed by atoms with van der Waals surface area (Å²) < 4.78 is 1.54. The highest BCUT2D eigenvalue weighted by Crippen LogP contribution is 2.09. The Hall–Kier alpha value is -3.03. The number of fused-ring (bicyclic) bond motifs is 1. The Balaban J connectivity index is 1.76. The Morgan fingerprint density at radius 2 is 2.05 bits per heavy atom. The van der Waals surface area contributed by atoms with E-state index in [1.54, 1.807) is 41.2 Å². The number of hydrogen-bond acceptors (Lipinski definition) is 6. The van der Waals surface area contributed by atoms with Crippen LogP contribution in [0, 0.1) is 0 Å². The number of aromatic carboxylic acids is 1. The molecule has 2 N–H and O–H groups in total. The van der Waals surface area contributed by atoms with Crippen LogP contribution in [0.5, 0.6) is 0 Å². The van der Waals surface area contributed by atoms with Crippen LogP contribution >= 0.6 is 0 Å². The number of nitrogens with one attached hydrogen (secondary N) is 1. The van der Waals surface area contributed by atoms with Gasteiger partial charge in [-0.15, -0.1) is 5.10 Å². The molecule has 8 nitrogen and oxygen atoms in total. The summed E-state index contributed by atoms with van der Waals surface area (Å²) in [5.41, 5.74) is 1.76. The molecular weight excluding hydrogens is 260 g/mol. The van der Waals surface area contributed by atoms with Gasteiger partial charge in [0, 0.05) is 6.54 Å². The molecule has 0 fully saturated rings. The van der Waals surface area contributed by atoms with E-state index in [-0.39, 0.29) is 5.56 Å². The fraction of sp³-hybridized carbons (Fsp3) is 0.0833. The van der Waals surface area contributed by atoms with Gasteiger partial charge in [-0.05, 0) is 28.1 Å². The van der Waals surface area contributed by atoms with Gasteiger partial charge in [0.05, 0.1) is 18.0 Å². The lowest BCUT2D eigenvalue weighted by molar-refractivity contribution is 0.0697. The van der Waals surface area contributed by atoms with E-state index >= 15 is 0 Å². The number of carbonyl (C=O) groups is 1. The predicted octanol–water partition coefficient (Wildman–Crippen LogP) is 0.830. The van der Waals surface area contributed by atoms with Gasteiger partial charge in [0.2, 0.25) is 0 Å². The molecule has 0 aliphatic rings. The average molecular weight is 270 g/mol. The van der Waals surface area contributed by atoms with Crippen molar-refractivity contribution in [3.63, 3.8) is 0 Å². The topological polar surface area (TPSA) is 105 Å². The van der Waals surface area contributed by atoms with Crippen molar-refractivity contribution in [2.75, 3.05) is 5.32 Å². The van der Waals surface area contributed by atoms with Crippen molar-refractivity contribution >= 4 is 17.4 Å². The summed E-state index contributed by atoms with van der Waals surface area (Å²) in [4.78, 5) is 14.8. The van der Waals surface area contributed by atoms with Gasteiger partial charge in [-0.3, -0.25) is 4.98 Å². The number of rotatable bonds is 4. The van der Waals surface area contributed by atoms with Crippen LogP contribution in [-0.2, 0) is 6.54 Å². The summed E-state index contributed by atoms with van der Waals surface area (Å²) in [6.45, 7) is 0.514. The number of anilines is 1. The lowest BCUT2D eigenvalue weighted by atomic mass is 10.1. The molecule has 0 aliphatic heterocycles. The molecule has 0 bridgehead atoms. The second-order valence-electron chi connectivity index (χ2n) is 4.10. The summed E-state index contributed by atoms with van der Waals surface area (Å²) in [5.74, 6) is -0.276. The lowest BCUT2D eigenvalue weighted by Crippen LogP contribution is -2.06. The zero-order chi connectivity index (χ0) is 13.9. The smallest absolute Gasteiger partial charge is 0.335 e. The van der Waals surface area contributed by atoms with Gasteiger partial charge in [-0.1, -0.05) is 12.1 Å². The van der Waals surface area contributed by atoms with Gasteiger partial charge in [0.1, 0.15) is 0 Å². The van der Waals surface area contributed by atoms with E-state index in [9.17, 15) is 4.79 Å². The summed E-state index contributed by atoms with van der Waals surface area (Å²) in [6.07, 6.45) is 3.18. The average Bonchev–Trinajstić information content (AvgIpc) is 2.94. The second-order valence-corrected chi connectivity index (χ2v) is 4.10. The maximum Gasteiger partial charge on any atom is 0.335 e. The van der Waals surface area contributed by atoms with Crippen molar-refractivity contribution in [3.05, 3.63) is 47.8 Å². The monoisotopic (exact) mass is 270 g/mol. The van der Waals surface area contributed by atoms with Gasteiger partial charge in [-0.25, -0.2) is 4.79 Å². The SMILES string of the molecule is O=C(O)c1ccc(CNc2cncc3nnnn23)cc1. The Labute approximate surface area is 113 Å². The highest BCUT2D eigenvalue weighted by atomic mass is 16.4. The van der Waals surface area contributed by atoms with Gasteiger partial charge >= 0.3 is 5.97 Å². The number of nitrogens with zero attached hydrogens (tertiary/aromatic N) is 5. The number of hydrogen-bond donors (Lipinski definition) is 2. The van der Waals surface area contributed by atoms with Crippen LogP contribution in [0.4, 0.5) is 5.82 Å². The van der Waals surface area contributed by atoms with Crippen LogP contribution < -0.4 is 5.32 Å². The minimum atomic E-state index is -0.938. The Kier molecular flexibility index (Phi) is 2.96. The number of benzene rings is 1. The molecule has 0 saturated carbocycles. The molecule has 2 heterocycles. The van der Waals surface area contributed by atoms with E-state index in [4.69, 9.17) is 5.11 Å². The van der Waals surface area contributed by atoms with E-state index in [2.05, 4.69) is 25.8 Å². The fourth-order valence-electron chi connectivity index (χ4n) is 1.75. The largest absolute Gasteiger partial charge is 0.478 e. The third-order valence-electron chi connectivity index (χ3n) is 2.78. The standard InChI is InChI=1S/C12H10N6O2/c19-12(20)9-3-1-8(2-4-9)5-14-10-6-13-7-11-15-16-17-18(10)11/h1-4,6-7,14H,5H2,(H,19,20). The highest BCUT2D eigenvalue weighted by molar-refractivity contribution is 5.87. The van der Waals surface area contributed by atoms with Crippen molar-refractivity contribution < 1.29 is 9.90 Å². The molecule has 3 rings (SSSR count). The number of carboxylic acid groups (broad SMARTS) is 1. The maximum atomic E-state index is 10.8. The zero-order valence-electron chi connectivity index (χ0n) is 10.3. The van der Waals surface area contributed by atoms with Crippen molar-refractivity contribution in [2.24, 2.45) is 0 Å². The fourth-order valence-corrected chi connectivity index (χ4v) is 1.75. The van der Waals surface area contributed by atoms with Crippen LogP contribution in [0.15, 0.2) is 36.7 Å². The third-order valence-corrected chi connectivity index (χ3v) is 2.78. The summed E-state index contributed by atoms with van der Waals surface area (Å²) in [5, 5.41) is 23.2. The Bertz CT molecular complexity index is 752.